The lowest BCUT2D eigenvalue weighted by atomic mass is 10.1. The highest BCUT2D eigenvalue weighted by Gasteiger charge is 2.36. The molecule has 0 bridgehead atoms. The molecule has 28 heavy (non-hydrogen) atoms. The van der Waals surface area contributed by atoms with Crippen molar-refractivity contribution in [3.05, 3.63) is 67.2 Å². The van der Waals surface area contributed by atoms with Crippen molar-refractivity contribution in [1.82, 2.24) is 0 Å². The van der Waals surface area contributed by atoms with Gasteiger partial charge in [0, 0.05) is 24.3 Å². The van der Waals surface area contributed by atoms with Gasteiger partial charge in [0.15, 0.2) is 6.61 Å². The first-order valence-electron chi connectivity index (χ1n) is 7.21. The van der Waals surface area contributed by atoms with Crippen LogP contribution in [-0.2, 0) is 11.0 Å². The minimum Gasteiger partial charge on any atom is -0.483 e. The van der Waals surface area contributed by atoms with E-state index in [0.717, 1.165) is 24.3 Å². The fourth-order valence-corrected chi connectivity index (χ4v) is 2.20. The van der Waals surface area contributed by atoms with E-state index in [-0.39, 0.29) is 22.5 Å². The Morgan fingerprint density at radius 3 is 2.21 bits per heavy atom. The SMILES string of the molecule is O=C(COc1ccc([N+](=O)[O-])cc1C(F)(F)F)Nc1cc([N+](=O)[O-])ccc1Cl. The summed E-state index contributed by atoms with van der Waals surface area (Å²) in [5, 5.41) is 23.5. The summed E-state index contributed by atoms with van der Waals surface area (Å²) < 4.78 is 44.0. The van der Waals surface area contributed by atoms with Gasteiger partial charge in [-0.15, -0.1) is 0 Å². The van der Waals surface area contributed by atoms with Crippen LogP contribution < -0.4 is 10.1 Å². The number of nitro groups is 2. The molecule has 0 heterocycles. The molecule has 0 aromatic heterocycles. The Morgan fingerprint density at radius 2 is 1.64 bits per heavy atom. The molecule has 9 nitrogen and oxygen atoms in total. The van der Waals surface area contributed by atoms with Gasteiger partial charge in [-0.3, -0.25) is 25.0 Å². The van der Waals surface area contributed by atoms with E-state index >= 15 is 0 Å². The number of carbonyl (C=O) groups excluding carboxylic acids is 1. The van der Waals surface area contributed by atoms with E-state index in [1.807, 2.05) is 0 Å². The second kappa shape index (κ2) is 8.08. The maximum atomic E-state index is 13.1. The first kappa shape index (κ1) is 20.9. The fourth-order valence-electron chi connectivity index (χ4n) is 2.03. The predicted octanol–water partition coefficient (Wildman–Crippen LogP) is 4.19. The van der Waals surface area contributed by atoms with Crippen LogP contribution in [0.1, 0.15) is 5.56 Å². The Balaban J connectivity index is 2.16. The summed E-state index contributed by atoms with van der Waals surface area (Å²) in [4.78, 5) is 31.5. The average Bonchev–Trinajstić information content (AvgIpc) is 2.60. The smallest absolute Gasteiger partial charge is 0.420 e. The van der Waals surface area contributed by atoms with E-state index in [1.54, 1.807) is 0 Å². The molecule has 0 aliphatic carbocycles. The average molecular weight is 420 g/mol. The zero-order valence-electron chi connectivity index (χ0n) is 13.5. The van der Waals surface area contributed by atoms with Crippen molar-refractivity contribution in [2.75, 3.05) is 11.9 Å². The van der Waals surface area contributed by atoms with E-state index in [1.165, 1.54) is 0 Å². The lowest BCUT2D eigenvalue weighted by Gasteiger charge is -2.14. The molecule has 2 aromatic rings. The molecule has 0 unspecified atom stereocenters. The van der Waals surface area contributed by atoms with Crippen molar-refractivity contribution in [2.24, 2.45) is 0 Å². The second-order valence-electron chi connectivity index (χ2n) is 5.19. The van der Waals surface area contributed by atoms with Crippen molar-refractivity contribution in [1.29, 1.82) is 0 Å². The highest BCUT2D eigenvalue weighted by molar-refractivity contribution is 6.33. The Hall–Kier alpha value is -3.41. The number of ether oxygens (including phenoxy) is 1. The van der Waals surface area contributed by atoms with E-state index in [0.29, 0.717) is 6.07 Å². The summed E-state index contributed by atoms with van der Waals surface area (Å²) in [6, 6.07) is 5.02. The summed E-state index contributed by atoms with van der Waals surface area (Å²) in [7, 11) is 0. The molecule has 0 saturated carbocycles. The van der Waals surface area contributed by atoms with Crippen LogP contribution in [0.25, 0.3) is 0 Å². The molecule has 1 amide bonds. The molecule has 0 saturated heterocycles. The Labute approximate surface area is 159 Å². The number of anilines is 1. The number of nitro benzene ring substituents is 2. The van der Waals surface area contributed by atoms with Gasteiger partial charge in [-0.25, -0.2) is 0 Å². The van der Waals surface area contributed by atoms with Crippen LogP contribution in [-0.4, -0.2) is 22.4 Å². The van der Waals surface area contributed by atoms with Crippen LogP contribution in [0.3, 0.4) is 0 Å². The van der Waals surface area contributed by atoms with Crippen molar-refractivity contribution in [3.63, 3.8) is 0 Å². The minimum atomic E-state index is -4.96. The molecule has 0 fully saturated rings. The number of hydrogen-bond donors (Lipinski definition) is 1. The Bertz CT molecular complexity index is 951. The third-order valence-corrected chi connectivity index (χ3v) is 3.60. The highest BCUT2D eigenvalue weighted by atomic mass is 35.5. The monoisotopic (exact) mass is 419 g/mol. The highest BCUT2D eigenvalue weighted by Crippen LogP contribution is 2.38. The van der Waals surface area contributed by atoms with Crippen molar-refractivity contribution in [3.8, 4) is 5.75 Å². The van der Waals surface area contributed by atoms with E-state index in [4.69, 9.17) is 16.3 Å². The quantitative estimate of drug-likeness (QED) is 0.552. The van der Waals surface area contributed by atoms with Crippen LogP contribution in [0.4, 0.5) is 30.2 Å². The summed E-state index contributed by atoms with van der Waals surface area (Å²) in [5.41, 5.74) is -2.73. The first-order valence-corrected chi connectivity index (χ1v) is 7.59. The van der Waals surface area contributed by atoms with Crippen molar-refractivity contribution >= 4 is 34.6 Å². The van der Waals surface area contributed by atoms with Gasteiger partial charge in [-0.05, 0) is 12.1 Å². The van der Waals surface area contributed by atoms with E-state index in [2.05, 4.69) is 5.32 Å². The molecule has 0 radical (unpaired) electrons. The fraction of sp³-hybridized carbons (Fsp3) is 0.133. The Morgan fingerprint density at radius 1 is 1.07 bits per heavy atom. The number of nitrogens with zero attached hydrogens (tertiary/aromatic N) is 2. The third-order valence-electron chi connectivity index (χ3n) is 3.27. The largest absolute Gasteiger partial charge is 0.483 e. The Kier molecular flexibility index (Phi) is 6.03. The maximum absolute atomic E-state index is 13.1. The standard InChI is InChI=1S/C15H9ClF3N3O6/c16-11-3-1-9(22(26)27)6-12(11)20-14(23)7-28-13-4-2-8(21(24)25)5-10(13)15(17,18)19/h1-6H,7H2,(H,20,23). The van der Waals surface area contributed by atoms with Crippen molar-refractivity contribution in [2.45, 2.75) is 6.18 Å². The topological polar surface area (TPSA) is 125 Å². The lowest BCUT2D eigenvalue weighted by molar-refractivity contribution is -0.385. The van der Waals surface area contributed by atoms with Gasteiger partial charge in [0.2, 0.25) is 0 Å². The first-order chi connectivity index (χ1) is 13.0. The molecule has 0 aliphatic rings. The molecule has 0 spiro atoms. The van der Waals surface area contributed by atoms with Crippen LogP contribution >= 0.6 is 11.6 Å². The van der Waals surface area contributed by atoms with Gasteiger partial charge < -0.3 is 10.1 Å². The summed E-state index contributed by atoms with van der Waals surface area (Å²) in [5.74, 6) is -1.74. The number of halogens is 4. The van der Waals surface area contributed by atoms with Gasteiger partial charge in [0.25, 0.3) is 17.3 Å². The molecule has 13 heteroatoms. The summed E-state index contributed by atoms with van der Waals surface area (Å²) in [6.07, 6.45) is -4.96. The van der Waals surface area contributed by atoms with Gasteiger partial charge in [0.1, 0.15) is 11.3 Å². The molecule has 0 aliphatic heterocycles. The number of benzene rings is 2. The van der Waals surface area contributed by atoms with Gasteiger partial charge in [-0.2, -0.15) is 13.2 Å². The van der Waals surface area contributed by atoms with Crippen molar-refractivity contribution < 1.29 is 32.5 Å². The van der Waals surface area contributed by atoms with Crippen LogP contribution in [0.15, 0.2) is 36.4 Å². The van der Waals surface area contributed by atoms with Gasteiger partial charge in [-0.1, -0.05) is 11.6 Å². The number of rotatable bonds is 6. The molecular weight excluding hydrogens is 411 g/mol. The summed E-state index contributed by atoms with van der Waals surface area (Å²) in [6.45, 7) is -0.903. The number of non-ortho nitro benzene ring substituents is 2. The molecule has 1 N–H and O–H groups in total. The number of alkyl halides is 3. The normalized spacial score (nSPS) is 11.0. The molecule has 2 rings (SSSR count). The number of nitrogens with one attached hydrogen (secondary N) is 1. The molecule has 2 aromatic carbocycles. The second-order valence-corrected chi connectivity index (χ2v) is 5.60. The third kappa shape index (κ3) is 5.07. The summed E-state index contributed by atoms with van der Waals surface area (Å²) >= 11 is 5.80. The predicted molar refractivity (Wildman–Crippen MR) is 90.3 cm³/mol. The van der Waals surface area contributed by atoms with Crippen LogP contribution in [0, 0.1) is 20.2 Å². The zero-order chi connectivity index (χ0) is 21.1. The lowest BCUT2D eigenvalue weighted by Crippen LogP contribution is -2.21. The molecular formula is C15H9ClF3N3O6. The number of hydrogen-bond acceptors (Lipinski definition) is 6. The van der Waals surface area contributed by atoms with E-state index in [9.17, 15) is 38.2 Å². The number of amides is 1. The molecule has 148 valence electrons. The maximum Gasteiger partial charge on any atom is 0.420 e. The molecule has 0 atom stereocenters. The van der Waals surface area contributed by atoms with Gasteiger partial charge in [0.05, 0.1) is 20.6 Å². The number of carbonyl (C=O) groups is 1. The van der Waals surface area contributed by atoms with E-state index < -0.39 is 45.5 Å². The van der Waals surface area contributed by atoms with Crippen LogP contribution in [0.5, 0.6) is 5.75 Å². The van der Waals surface area contributed by atoms with Crippen LogP contribution in [0.2, 0.25) is 5.02 Å². The zero-order valence-corrected chi connectivity index (χ0v) is 14.3. The minimum absolute atomic E-state index is 0.0368. The van der Waals surface area contributed by atoms with Gasteiger partial charge >= 0.3 is 6.18 Å².